The highest BCUT2D eigenvalue weighted by Gasteiger charge is 2.52. The lowest BCUT2D eigenvalue weighted by Crippen LogP contribution is -2.52. The predicted octanol–water partition coefficient (Wildman–Crippen LogP) is 2.07. The number of rotatable bonds is 4. The molecule has 0 bridgehead atoms. The summed E-state index contributed by atoms with van der Waals surface area (Å²) in [6, 6.07) is 3.29. The number of carbonyl (C=O) groups is 1. The van der Waals surface area contributed by atoms with Gasteiger partial charge in [0.05, 0.1) is 0 Å². The summed E-state index contributed by atoms with van der Waals surface area (Å²) >= 11 is 1.18. The van der Waals surface area contributed by atoms with Crippen LogP contribution in [0.1, 0.15) is 31.1 Å². The summed E-state index contributed by atoms with van der Waals surface area (Å²) in [6.45, 7) is 3.83. The Bertz CT molecular complexity index is 593. The number of aryl methyl sites for hydroxylation is 1. The van der Waals surface area contributed by atoms with Crippen LogP contribution in [0.4, 0.5) is 0 Å². The van der Waals surface area contributed by atoms with E-state index in [0.717, 1.165) is 4.88 Å². The molecule has 1 aromatic rings. The van der Waals surface area contributed by atoms with Crippen LogP contribution in [0, 0.1) is 6.92 Å². The van der Waals surface area contributed by atoms with Gasteiger partial charge in [-0.2, -0.15) is 4.31 Å². The molecule has 1 atom stereocenters. The number of carboxylic acid groups (broad SMARTS) is 1. The standard InChI is InChI=1S/C12H17NO4S2/c1-3-12(11(14)15)7-4-8-13(12)19(16,17)10-6-5-9(2)18-10/h5-6H,3-4,7-8H2,1-2H3,(H,14,15). The van der Waals surface area contributed by atoms with Gasteiger partial charge in [-0.3, -0.25) is 4.79 Å². The summed E-state index contributed by atoms with van der Waals surface area (Å²) in [5, 5.41) is 9.45. The first kappa shape index (κ1) is 14.5. The lowest BCUT2D eigenvalue weighted by Gasteiger charge is -2.32. The number of carboxylic acids is 1. The SMILES string of the molecule is CCC1(C(=O)O)CCCN1S(=O)(=O)c1ccc(C)s1. The highest BCUT2D eigenvalue weighted by molar-refractivity contribution is 7.91. The molecule has 0 aliphatic carbocycles. The molecule has 2 rings (SSSR count). The topological polar surface area (TPSA) is 74.7 Å². The molecule has 0 spiro atoms. The Morgan fingerprint density at radius 1 is 1.53 bits per heavy atom. The monoisotopic (exact) mass is 303 g/mol. The van der Waals surface area contributed by atoms with Crippen molar-refractivity contribution in [3.8, 4) is 0 Å². The van der Waals surface area contributed by atoms with E-state index in [1.165, 1.54) is 15.6 Å². The molecule has 1 aliphatic heterocycles. The molecule has 0 amide bonds. The van der Waals surface area contributed by atoms with Gasteiger partial charge < -0.3 is 5.11 Å². The van der Waals surface area contributed by atoms with Gasteiger partial charge in [0.1, 0.15) is 9.75 Å². The largest absolute Gasteiger partial charge is 0.480 e. The first-order chi connectivity index (χ1) is 8.84. The number of nitrogens with zero attached hydrogens (tertiary/aromatic N) is 1. The summed E-state index contributed by atoms with van der Waals surface area (Å²) in [7, 11) is -3.71. The first-order valence-corrected chi connectivity index (χ1v) is 8.43. The van der Waals surface area contributed by atoms with Crippen LogP contribution in [0.3, 0.4) is 0 Å². The summed E-state index contributed by atoms with van der Waals surface area (Å²) < 4.78 is 26.6. The lowest BCUT2D eigenvalue weighted by molar-refractivity contribution is -0.147. The normalized spacial score (nSPS) is 24.7. The van der Waals surface area contributed by atoms with Crippen molar-refractivity contribution in [2.75, 3.05) is 6.54 Å². The van der Waals surface area contributed by atoms with Crippen LogP contribution in [-0.2, 0) is 14.8 Å². The highest BCUT2D eigenvalue weighted by atomic mass is 32.2. The van der Waals surface area contributed by atoms with Crippen molar-refractivity contribution in [1.29, 1.82) is 0 Å². The van der Waals surface area contributed by atoms with Gasteiger partial charge in [0, 0.05) is 11.4 Å². The predicted molar refractivity (Wildman–Crippen MR) is 72.8 cm³/mol. The van der Waals surface area contributed by atoms with E-state index in [1.54, 1.807) is 19.1 Å². The summed E-state index contributed by atoms with van der Waals surface area (Å²) in [5.41, 5.74) is -1.28. The van der Waals surface area contributed by atoms with E-state index in [1.807, 2.05) is 6.92 Å². The fourth-order valence-electron chi connectivity index (χ4n) is 2.58. The Morgan fingerprint density at radius 2 is 2.21 bits per heavy atom. The zero-order valence-corrected chi connectivity index (χ0v) is 12.6. The molecule has 0 saturated carbocycles. The molecule has 106 valence electrons. The Kier molecular flexibility index (Phi) is 3.72. The molecule has 1 saturated heterocycles. The van der Waals surface area contributed by atoms with Crippen molar-refractivity contribution in [1.82, 2.24) is 4.31 Å². The fourth-order valence-corrected chi connectivity index (χ4v) is 5.84. The molecule has 1 fully saturated rings. The third-order valence-electron chi connectivity index (χ3n) is 3.67. The van der Waals surface area contributed by atoms with Crippen molar-refractivity contribution in [3.63, 3.8) is 0 Å². The van der Waals surface area contributed by atoms with Crippen molar-refractivity contribution in [2.24, 2.45) is 0 Å². The Balaban J connectivity index is 2.48. The maximum absolute atomic E-state index is 12.6. The summed E-state index contributed by atoms with van der Waals surface area (Å²) in [4.78, 5) is 12.4. The number of aliphatic carboxylic acids is 1. The molecule has 1 aromatic heterocycles. The van der Waals surface area contributed by atoms with E-state index < -0.39 is 21.5 Å². The average molecular weight is 303 g/mol. The summed E-state index contributed by atoms with van der Waals surface area (Å²) in [6.07, 6.45) is 1.25. The molecule has 1 N–H and O–H groups in total. The van der Waals surface area contributed by atoms with Crippen molar-refractivity contribution < 1.29 is 18.3 Å². The molecule has 2 heterocycles. The second kappa shape index (κ2) is 4.88. The Labute approximate surface area is 116 Å². The zero-order chi connectivity index (χ0) is 14.3. The molecule has 19 heavy (non-hydrogen) atoms. The first-order valence-electron chi connectivity index (χ1n) is 6.17. The lowest BCUT2D eigenvalue weighted by atomic mass is 9.95. The zero-order valence-electron chi connectivity index (χ0n) is 10.9. The second-order valence-electron chi connectivity index (χ2n) is 4.74. The number of hydrogen-bond acceptors (Lipinski definition) is 4. The number of hydrogen-bond donors (Lipinski definition) is 1. The van der Waals surface area contributed by atoms with Gasteiger partial charge >= 0.3 is 5.97 Å². The average Bonchev–Trinajstić information content (AvgIpc) is 2.95. The maximum Gasteiger partial charge on any atom is 0.325 e. The maximum atomic E-state index is 12.6. The molecular weight excluding hydrogens is 286 g/mol. The molecule has 0 radical (unpaired) electrons. The van der Waals surface area contributed by atoms with Gasteiger partial charge in [0.25, 0.3) is 10.0 Å². The molecule has 0 aromatic carbocycles. The van der Waals surface area contributed by atoms with Crippen LogP contribution in [0.5, 0.6) is 0 Å². The van der Waals surface area contributed by atoms with Crippen LogP contribution < -0.4 is 0 Å². The van der Waals surface area contributed by atoms with E-state index in [-0.39, 0.29) is 17.2 Å². The van der Waals surface area contributed by atoms with Crippen LogP contribution in [0.2, 0.25) is 0 Å². The highest BCUT2D eigenvalue weighted by Crippen LogP contribution is 2.38. The van der Waals surface area contributed by atoms with E-state index in [0.29, 0.717) is 12.8 Å². The third kappa shape index (κ3) is 2.19. The molecular formula is C12H17NO4S2. The van der Waals surface area contributed by atoms with E-state index in [4.69, 9.17) is 0 Å². The van der Waals surface area contributed by atoms with E-state index in [9.17, 15) is 18.3 Å². The van der Waals surface area contributed by atoms with Crippen molar-refractivity contribution in [3.05, 3.63) is 17.0 Å². The molecule has 5 nitrogen and oxygen atoms in total. The van der Waals surface area contributed by atoms with Gasteiger partial charge in [0.15, 0.2) is 0 Å². The summed E-state index contributed by atoms with van der Waals surface area (Å²) in [5.74, 6) is -1.05. The Hall–Kier alpha value is -0.920. The van der Waals surface area contributed by atoms with Crippen LogP contribution in [0.15, 0.2) is 16.3 Å². The van der Waals surface area contributed by atoms with Crippen molar-refractivity contribution in [2.45, 2.75) is 42.9 Å². The molecule has 1 unspecified atom stereocenters. The minimum Gasteiger partial charge on any atom is -0.480 e. The minimum atomic E-state index is -3.71. The van der Waals surface area contributed by atoms with E-state index >= 15 is 0 Å². The Morgan fingerprint density at radius 3 is 2.68 bits per heavy atom. The van der Waals surface area contributed by atoms with Gasteiger partial charge in [-0.15, -0.1) is 11.3 Å². The fraction of sp³-hybridized carbons (Fsp3) is 0.583. The smallest absolute Gasteiger partial charge is 0.325 e. The molecule has 1 aliphatic rings. The van der Waals surface area contributed by atoms with Crippen LogP contribution >= 0.6 is 11.3 Å². The van der Waals surface area contributed by atoms with E-state index in [2.05, 4.69) is 0 Å². The minimum absolute atomic E-state index is 0.228. The van der Waals surface area contributed by atoms with Crippen LogP contribution in [0.25, 0.3) is 0 Å². The quantitative estimate of drug-likeness (QED) is 0.924. The number of sulfonamides is 1. The van der Waals surface area contributed by atoms with Crippen LogP contribution in [-0.4, -0.2) is 35.9 Å². The second-order valence-corrected chi connectivity index (χ2v) is 8.11. The van der Waals surface area contributed by atoms with Gasteiger partial charge in [0.2, 0.25) is 0 Å². The third-order valence-corrected chi connectivity index (χ3v) is 7.11. The van der Waals surface area contributed by atoms with Gasteiger partial charge in [-0.1, -0.05) is 6.92 Å². The van der Waals surface area contributed by atoms with Gasteiger partial charge in [-0.25, -0.2) is 8.42 Å². The molecule has 7 heteroatoms. The number of thiophene rings is 1. The van der Waals surface area contributed by atoms with Crippen molar-refractivity contribution >= 4 is 27.3 Å². The van der Waals surface area contributed by atoms with Gasteiger partial charge in [-0.05, 0) is 38.3 Å².